The molecule has 1 aromatic heterocycles. The van der Waals surface area contributed by atoms with E-state index in [1.807, 2.05) is 40.8 Å². The van der Waals surface area contributed by atoms with E-state index in [-0.39, 0.29) is 5.60 Å². The van der Waals surface area contributed by atoms with Crippen molar-refractivity contribution in [2.45, 2.75) is 39.8 Å². The normalized spacial score (nSPS) is 11.6. The van der Waals surface area contributed by atoms with Crippen LogP contribution < -0.4 is 10.1 Å². The van der Waals surface area contributed by atoms with Gasteiger partial charge in [0.2, 0.25) is 5.88 Å². The average molecular weight is 252 g/mol. The van der Waals surface area contributed by atoms with Crippen LogP contribution in [-0.4, -0.2) is 30.8 Å². The lowest BCUT2D eigenvalue weighted by atomic mass is 10.2. The Bertz CT molecular complexity index is 373. The summed E-state index contributed by atoms with van der Waals surface area (Å²) in [5.41, 5.74) is 2.02. The molecule has 0 saturated carbocycles. The highest BCUT2D eigenvalue weighted by Gasteiger charge is 2.09. The Morgan fingerprint density at radius 2 is 1.94 bits per heavy atom. The molecule has 0 saturated heterocycles. The summed E-state index contributed by atoms with van der Waals surface area (Å²) in [4.78, 5) is 4.34. The maximum atomic E-state index is 5.61. The summed E-state index contributed by atoms with van der Waals surface area (Å²) >= 11 is 0. The second-order valence-corrected chi connectivity index (χ2v) is 5.29. The molecule has 4 heteroatoms. The molecular weight excluding hydrogens is 228 g/mol. The fraction of sp³-hybridized carbons (Fsp3) is 0.643. The molecule has 0 fully saturated rings. The molecule has 4 nitrogen and oxygen atoms in total. The Hall–Kier alpha value is -1.13. The van der Waals surface area contributed by atoms with Crippen LogP contribution in [0.2, 0.25) is 0 Å². The standard InChI is InChI=1S/C14H24N2O2/c1-11-8-12(10-15-5)9-13(16-11)17-6-7-18-14(2,3)4/h8-9,15H,6-7,10H2,1-5H3. The van der Waals surface area contributed by atoms with Crippen LogP contribution in [0.5, 0.6) is 5.88 Å². The van der Waals surface area contributed by atoms with Crippen molar-refractivity contribution in [1.29, 1.82) is 0 Å². The summed E-state index contributed by atoms with van der Waals surface area (Å²) in [5, 5.41) is 3.12. The van der Waals surface area contributed by atoms with Gasteiger partial charge in [-0.3, -0.25) is 0 Å². The molecule has 1 heterocycles. The number of hydrogen-bond donors (Lipinski definition) is 1. The Morgan fingerprint density at radius 3 is 2.56 bits per heavy atom. The minimum absolute atomic E-state index is 0.124. The highest BCUT2D eigenvalue weighted by Crippen LogP contribution is 2.13. The first-order chi connectivity index (χ1) is 8.40. The number of nitrogens with zero attached hydrogens (tertiary/aromatic N) is 1. The molecule has 102 valence electrons. The van der Waals surface area contributed by atoms with E-state index in [1.54, 1.807) is 0 Å². The molecule has 1 rings (SSSR count). The Labute approximate surface area is 110 Å². The lowest BCUT2D eigenvalue weighted by Gasteiger charge is -2.19. The summed E-state index contributed by atoms with van der Waals surface area (Å²) in [6.07, 6.45) is 0. The summed E-state index contributed by atoms with van der Waals surface area (Å²) in [6, 6.07) is 4.01. The van der Waals surface area contributed by atoms with E-state index in [1.165, 1.54) is 5.56 Å². The number of hydrogen-bond acceptors (Lipinski definition) is 4. The van der Waals surface area contributed by atoms with Crippen LogP contribution in [0.3, 0.4) is 0 Å². The van der Waals surface area contributed by atoms with Gasteiger partial charge in [-0.05, 0) is 46.4 Å². The molecule has 0 atom stereocenters. The molecule has 0 aliphatic rings. The van der Waals surface area contributed by atoms with E-state index in [0.717, 1.165) is 12.2 Å². The van der Waals surface area contributed by atoms with Crippen LogP contribution in [-0.2, 0) is 11.3 Å². The van der Waals surface area contributed by atoms with Crippen molar-refractivity contribution in [3.63, 3.8) is 0 Å². The third-order valence-corrected chi connectivity index (χ3v) is 2.24. The first-order valence-electron chi connectivity index (χ1n) is 6.29. The van der Waals surface area contributed by atoms with E-state index in [2.05, 4.69) is 16.4 Å². The largest absolute Gasteiger partial charge is 0.475 e. The number of pyridine rings is 1. The summed E-state index contributed by atoms with van der Waals surface area (Å²) in [5.74, 6) is 0.665. The Morgan fingerprint density at radius 1 is 1.22 bits per heavy atom. The molecule has 0 amide bonds. The monoisotopic (exact) mass is 252 g/mol. The number of nitrogens with one attached hydrogen (secondary N) is 1. The number of rotatable bonds is 6. The van der Waals surface area contributed by atoms with E-state index in [4.69, 9.17) is 9.47 Å². The zero-order chi connectivity index (χ0) is 13.6. The molecule has 0 spiro atoms. The van der Waals surface area contributed by atoms with Crippen molar-refractivity contribution in [1.82, 2.24) is 10.3 Å². The summed E-state index contributed by atoms with van der Waals surface area (Å²) < 4.78 is 11.2. The van der Waals surface area contributed by atoms with Gasteiger partial charge < -0.3 is 14.8 Å². The van der Waals surface area contributed by atoms with Crippen LogP contribution in [0.25, 0.3) is 0 Å². The number of aromatic nitrogens is 1. The Balaban J connectivity index is 2.46. The van der Waals surface area contributed by atoms with Crippen LogP contribution in [0, 0.1) is 6.92 Å². The highest BCUT2D eigenvalue weighted by molar-refractivity contribution is 5.24. The van der Waals surface area contributed by atoms with Gasteiger partial charge in [-0.1, -0.05) is 0 Å². The van der Waals surface area contributed by atoms with Crippen LogP contribution >= 0.6 is 0 Å². The van der Waals surface area contributed by atoms with Gasteiger partial charge in [0.15, 0.2) is 0 Å². The topological polar surface area (TPSA) is 43.4 Å². The molecule has 1 aromatic rings. The maximum absolute atomic E-state index is 5.61. The van der Waals surface area contributed by atoms with Crippen molar-refractivity contribution in [3.05, 3.63) is 23.4 Å². The van der Waals surface area contributed by atoms with Gasteiger partial charge in [-0.2, -0.15) is 0 Å². The van der Waals surface area contributed by atoms with Crippen molar-refractivity contribution >= 4 is 0 Å². The zero-order valence-corrected chi connectivity index (χ0v) is 12.0. The fourth-order valence-corrected chi connectivity index (χ4v) is 1.58. The predicted molar refractivity (Wildman–Crippen MR) is 72.9 cm³/mol. The minimum Gasteiger partial charge on any atom is -0.475 e. The molecule has 0 unspecified atom stereocenters. The maximum Gasteiger partial charge on any atom is 0.213 e. The van der Waals surface area contributed by atoms with Gasteiger partial charge >= 0.3 is 0 Å². The lowest BCUT2D eigenvalue weighted by Crippen LogP contribution is -2.22. The zero-order valence-electron chi connectivity index (χ0n) is 12.0. The molecule has 0 aliphatic carbocycles. The van der Waals surface area contributed by atoms with Crippen LogP contribution in [0.15, 0.2) is 12.1 Å². The molecule has 18 heavy (non-hydrogen) atoms. The minimum atomic E-state index is -0.124. The molecule has 0 aliphatic heterocycles. The molecular formula is C14H24N2O2. The molecule has 0 aromatic carbocycles. The summed E-state index contributed by atoms with van der Waals surface area (Å²) in [6.45, 7) is 9.97. The van der Waals surface area contributed by atoms with Crippen LogP contribution in [0.4, 0.5) is 0 Å². The van der Waals surface area contributed by atoms with Crippen LogP contribution in [0.1, 0.15) is 32.0 Å². The average Bonchev–Trinajstić information content (AvgIpc) is 2.23. The fourth-order valence-electron chi connectivity index (χ4n) is 1.58. The Kier molecular flexibility index (Phi) is 5.56. The third kappa shape index (κ3) is 5.98. The van der Waals surface area contributed by atoms with Gasteiger partial charge in [0, 0.05) is 18.3 Å². The molecule has 0 radical (unpaired) electrons. The summed E-state index contributed by atoms with van der Waals surface area (Å²) in [7, 11) is 1.92. The lowest BCUT2D eigenvalue weighted by molar-refractivity contribution is -0.0168. The first kappa shape index (κ1) is 14.9. The predicted octanol–water partition coefficient (Wildman–Crippen LogP) is 2.30. The molecule has 0 bridgehead atoms. The second kappa shape index (κ2) is 6.71. The second-order valence-electron chi connectivity index (χ2n) is 5.29. The van der Waals surface area contributed by atoms with E-state index < -0.39 is 0 Å². The van der Waals surface area contributed by atoms with Crippen molar-refractivity contribution in [3.8, 4) is 5.88 Å². The van der Waals surface area contributed by atoms with Gasteiger partial charge in [0.25, 0.3) is 0 Å². The van der Waals surface area contributed by atoms with E-state index in [9.17, 15) is 0 Å². The van der Waals surface area contributed by atoms with Gasteiger partial charge in [-0.25, -0.2) is 4.98 Å². The SMILES string of the molecule is CNCc1cc(C)nc(OCCOC(C)(C)C)c1. The number of ether oxygens (including phenoxy) is 2. The van der Waals surface area contributed by atoms with Gasteiger partial charge in [0.05, 0.1) is 12.2 Å². The third-order valence-electron chi connectivity index (χ3n) is 2.24. The van der Waals surface area contributed by atoms with E-state index >= 15 is 0 Å². The smallest absolute Gasteiger partial charge is 0.213 e. The number of aryl methyl sites for hydroxylation is 1. The quantitative estimate of drug-likeness (QED) is 0.789. The first-order valence-corrected chi connectivity index (χ1v) is 6.29. The van der Waals surface area contributed by atoms with Gasteiger partial charge in [0.1, 0.15) is 6.61 Å². The molecule has 1 N–H and O–H groups in total. The van der Waals surface area contributed by atoms with Crippen molar-refractivity contribution in [2.24, 2.45) is 0 Å². The highest BCUT2D eigenvalue weighted by atomic mass is 16.5. The van der Waals surface area contributed by atoms with Crippen molar-refractivity contribution < 1.29 is 9.47 Å². The van der Waals surface area contributed by atoms with Crippen molar-refractivity contribution in [2.75, 3.05) is 20.3 Å². The van der Waals surface area contributed by atoms with E-state index in [0.29, 0.717) is 19.1 Å². The van der Waals surface area contributed by atoms with Gasteiger partial charge in [-0.15, -0.1) is 0 Å².